The lowest BCUT2D eigenvalue weighted by Crippen LogP contribution is -2.40. The highest BCUT2D eigenvalue weighted by Crippen LogP contribution is 2.28. The first-order valence-corrected chi connectivity index (χ1v) is 10.8. The lowest BCUT2D eigenvalue weighted by Gasteiger charge is -2.35. The molecule has 1 N–H and O–H groups in total. The van der Waals surface area contributed by atoms with Gasteiger partial charge in [0.25, 0.3) is 5.91 Å². The summed E-state index contributed by atoms with van der Waals surface area (Å²) < 4.78 is 0.914. The van der Waals surface area contributed by atoms with Crippen LogP contribution in [0.4, 0.5) is 0 Å². The number of nitrogens with zero attached hydrogens (tertiary/aromatic N) is 1. The largest absolute Gasteiger partial charge is 0.350 e. The van der Waals surface area contributed by atoms with Crippen molar-refractivity contribution in [1.29, 1.82) is 0 Å². The minimum Gasteiger partial charge on any atom is -0.350 e. The van der Waals surface area contributed by atoms with Crippen molar-refractivity contribution in [3.05, 3.63) is 92.1 Å². The molecule has 1 aliphatic rings. The summed E-state index contributed by atoms with van der Waals surface area (Å²) in [6, 6.07) is 18.5. The molecule has 0 saturated heterocycles. The Labute approximate surface area is 172 Å². The van der Waals surface area contributed by atoms with Gasteiger partial charge in [-0.1, -0.05) is 46.3 Å². The van der Waals surface area contributed by atoms with Crippen LogP contribution in [0.3, 0.4) is 0 Å². The van der Waals surface area contributed by atoms with Crippen LogP contribution in [0, 0.1) is 0 Å². The van der Waals surface area contributed by atoms with Crippen molar-refractivity contribution in [2.45, 2.75) is 19.0 Å². The fourth-order valence-electron chi connectivity index (χ4n) is 3.63. The van der Waals surface area contributed by atoms with E-state index >= 15 is 0 Å². The number of hydrogen-bond donors (Lipinski definition) is 1. The molecular weight excluding hydrogens is 420 g/mol. The first-order chi connectivity index (χ1) is 13.2. The number of benzene rings is 2. The van der Waals surface area contributed by atoms with Crippen molar-refractivity contribution < 1.29 is 4.79 Å². The van der Waals surface area contributed by atoms with E-state index in [1.807, 2.05) is 24.3 Å². The summed E-state index contributed by atoms with van der Waals surface area (Å²) in [5, 5.41) is 7.44. The lowest BCUT2D eigenvalue weighted by atomic mass is 9.97. The fourth-order valence-corrected chi connectivity index (χ4v) is 4.73. The first kappa shape index (κ1) is 18.4. The van der Waals surface area contributed by atoms with Gasteiger partial charge in [-0.05, 0) is 58.1 Å². The Balaban J connectivity index is 1.50. The Morgan fingerprint density at radius 2 is 2.00 bits per heavy atom. The number of carbonyl (C=O) groups is 1. The molecule has 0 spiro atoms. The van der Waals surface area contributed by atoms with E-state index in [-0.39, 0.29) is 11.9 Å². The minimum atomic E-state index is -0.0334. The van der Waals surface area contributed by atoms with Crippen LogP contribution < -0.4 is 5.32 Å². The van der Waals surface area contributed by atoms with Crippen molar-refractivity contribution in [3.8, 4) is 0 Å². The Morgan fingerprint density at radius 3 is 2.78 bits per heavy atom. The van der Waals surface area contributed by atoms with Crippen LogP contribution in [0.25, 0.3) is 0 Å². The van der Waals surface area contributed by atoms with E-state index in [1.165, 1.54) is 16.7 Å². The molecule has 4 rings (SSSR count). The maximum absolute atomic E-state index is 12.6. The molecule has 0 fully saturated rings. The van der Waals surface area contributed by atoms with Gasteiger partial charge in [0.1, 0.15) is 0 Å². The van der Waals surface area contributed by atoms with Gasteiger partial charge in [-0.3, -0.25) is 9.69 Å². The van der Waals surface area contributed by atoms with E-state index in [9.17, 15) is 4.79 Å². The highest BCUT2D eigenvalue weighted by molar-refractivity contribution is 9.10. The molecular formula is C22H21BrN2OS. The van der Waals surface area contributed by atoms with Gasteiger partial charge < -0.3 is 5.32 Å². The van der Waals surface area contributed by atoms with E-state index in [1.54, 1.807) is 11.3 Å². The van der Waals surface area contributed by atoms with Crippen molar-refractivity contribution >= 4 is 33.2 Å². The highest BCUT2D eigenvalue weighted by atomic mass is 79.9. The third kappa shape index (κ3) is 4.32. The average molecular weight is 441 g/mol. The molecule has 0 saturated carbocycles. The molecule has 1 amide bonds. The molecule has 2 aromatic carbocycles. The van der Waals surface area contributed by atoms with Gasteiger partial charge in [-0.2, -0.15) is 11.3 Å². The summed E-state index contributed by atoms with van der Waals surface area (Å²) in [5.74, 6) is -0.0334. The van der Waals surface area contributed by atoms with E-state index in [2.05, 4.69) is 67.2 Å². The zero-order valence-electron chi connectivity index (χ0n) is 14.9. The number of nitrogens with one attached hydrogen (secondary N) is 1. The SMILES string of the molecule is O=C(NCC(c1ccsc1)N1CCc2ccccc2C1)c1cccc(Br)c1. The van der Waals surface area contributed by atoms with Gasteiger partial charge in [0.15, 0.2) is 0 Å². The van der Waals surface area contributed by atoms with Gasteiger partial charge in [0.05, 0.1) is 6.04 Å². The summed E-state index contributed by atoms with van der Waals surface area (Å²) in [6.45, 7) is 2.53. The van der Waals surface area contributed by atoms with Crippen LogP contribution in [0.1, 0.15) is 33.1 Å². The molecule has 3 aromatic rings. The standard InChI is InChI=1S/C22H21BrN2OS/c23-20-7-3-6-17(12-20)22(26)24-13-21(19-9-11-27-15-19)25-10-8-16-4-1-2-5-18(16)14-25/h1-7,9,11-12,15,21H,8,10,13-14H2,(H,24,26). The van der Waals surface area contributed by atoms with Crippen molar-refractivity contribution in [2.24, 2.45) is 0 Å². The Hall–Kier alpha value is -1.95. The zero-order chi connectivity index (χ0) is 18.6. The maximum Gasteiger partial charge on any atom is 0.251 e. The number of thiophene rings is 1. The average Bonchev–Trinajstić information content (AvgIpc) is 3.22. The van der Waals surface area contributed by atoms with Crippen LogP contribution in [0.2, 0.25) is 0 Å². The molecule has 27 heavy (non-hydrogen) atoms. The van der Waals surface area contributed by atoms with Gasteiger partial charge in [0, 0.05) is 29.7 Å². The van der Waals surface area contributed by atoms with E-state index < -0.39 is 0 Å². The summed E-state index contributed by atoms with van der Waals surface area (Å²) >= 11 is 5.14. The smallest absolute Gasteiger partial charge is 0.251 e. The fraction of sp³-hybridized carbons (Fsp3) is 0.227. The molecule has 5 heteroatoms. The summed E-state index contributed by atoms with van der Waals surface area (Å²) in [6.07, 6.45) is 1.05. The molecule has 1 aliphatic heterocycles. The summed E-state index contributed by atoms with van der Waals surface area (Å²) in [4.78, 5) is 15.1. The number of fused-ring (bicyclic) bond motifs is 1. The third-order valence-electron chi connectivity index (χ3n) is 5.07. The number of hydrogen-bond acceptors (Lipinski definition) is 3. The van der Waals surface area contributed by atoms with Gasteiger partial charge >= 0.3 is 0 Å². The van der Waals surface area contributed by atoms with Crippen LogP contribution in [0.15, 0.2) is 69.8 Å². The quantitative estimate of drug-likeness (QED) is 0.602. The predicted octanol–water partition coefficient (Wildman–Crippen LogP) is 5.04. The second kappa shape index (κ2) is 8.38. The topological polar surface area (TPSA) is 32.3 Å². The monoisotopic (exact) mass is 440 g/mol. The van der Waals surface area contributed by atoms with Crippen molar-refractivity contribution in [3.63, 3.8) is 0 Å². The number of halogens is 1. The van der Waals surface area contributed by atoms with Gasteiger partial charge in [-0.25, -0.2) is 0 Å². The second-order valence-corrected chi connectivity index (χ2v) is 8.48. The van der Waals surface area contributed by atoms with Crippen molar-refractivity contribution in [2.75, 3.05) is 13.1 Å². The summed E-state index contributed by atoms with van der Waals surface area (Å²) in [5.41, 5.74) is 4.78. The molecule has 1 aromatic heterocycles. The number of amides is 1. The second-order valence-electron chi connectivity index (χ2n) is 6.78. The number of carbonyl (C=O) groups excluding carboxylic acids is 1. The minimum absolute atomic E-state index is 0.0334. The van der Waals surface area contributed by atoms with Gasteiger partial charge in [-0.15, -0.1) is 0 Å². The van der Waals surface area contributed by atoms with E-state index in [0.29, 0.717) is 12.1 Å². The Kier molecular flexibility index (Phi) is 5.72. The van der Waals surface area contributed by atoms with E-state index in [0.717, 1.165) is 24.0 Å². The molecule has 2 heterocycles. The Morgan fingerprint density at radius 1 is 1.15 bits per heavy atom. The van der Waals surface area contributed by atoms with Crippen LogP contribution in [-0.4, -0.2) is 23.9 Å². The predicted molar refractivity (Wildman–Crippen MR) is 114 cm³/mol. The molecule has 0 bridgehead atoms. The maximum atomic E-state index is 12.6. The molecule has 1 atom stereocenters. The van der Waals surface area contributed by atoms with Crippen LogP contribution in [0.5, 0.6) is 0 Å². The number of rotatable bonds is 5. The van der Waals surface area contributed by atoms with Crippen LogP contribution in [-0.2, 0) is 13.0 Å². The van der Waals surface area contributed by atoms with Crippen LogP contribution >= 0.6 is 27.3 Å². The van der Waals surface area contributed by atoms with E-state index in [4.69, 9.17) is 0 Å². The molecule has 3 nitrogen and oxygen atoms in total. The van der Waals surface area contributed by atoms with Crippen molar-refractivity contribution in [1.82, 2.24) is 10.2 Å². The molecule has 0 aliphatic carbocycles. The van der Waals surface area contributed by atoms with Gasteiger partial charge in [0.2, 0.25) is 0 Å². The molecule has 0 radical (unpaired) electrons. The Bertz CT molecular complexity index is 926. The molecule has 138 valence electrons. The normalized spacial score (nSPS) is 15.1. The molecule has 1 unspecified atom stereocenters. The summed E-state index contributed by atoms with van der Waals surface area (Å²) in [7, 11) is 0. The first-order valence-electron chi connectivity index (χ1n) is 9.07. The highest BCUT2D eigenvalue weighted by Gasteiger charge is 2.25. The third-order valence-corrected chi connectivity index (χ3v) is 6.27. The zero-order valence-corrected chi connectivity index (χ0v) is 17.3. The lowest BCUT2D eigenvalue weighted by molar-refractivity contribution is 0.0928.